The lowest BCUT2D eigenvalue weighted by Crippen LogP contribution is -2.39. The number of ether oxygens (including phenoxy) is 1. The Labute approximate surface area is 112 Å². The lowest BCUT2D eigenvalue weighted by Gasteiger charge is -2.31. The molecular formula is C12H18N6O. The molecule has 1 aliphatic carbocycles. The van der Waals surface area contributed by atoms with E-state index in [0.717, 1.165) is 25.7 Å². The average Bonchev–Trinajstić information content (AvgIpc) is 2.47. The monoisotopic (exact) mass is 262 g/mol. The molecule has 1 saturated carbocycles. The van der Waals surface area contributed by atoms with Crippen LogP contribution in [0.5, 0.6) is 6.01 Å². The van der Waals surface area contributed by atoms with Crippen molar-refractivity contribution < 1.29 is 4.74 Å². The van der Waals surface area contributed by atoms with E-state index in [4.69, 9.17) is 4.74 Å². The fourth-order valence-corrected chi connectivity index (χ4v) is 2.25. The van der Waals surface area contributed by atoms with Gasteiger partial charge in [0.15, 0.2) is 0 Å². The van der Waals surface area contributed by atoms with Gasteiger partial charge in [-0.2, -0.15) is 20.2 Å². The van der Waals surface area contributed by atoms with Gasteiger partial charge in [0.2, 0.25) is 11.9 Å². The molecule has 2 N–H and O–H groups in total. The number of anilines is 2. The van der Waals surface area contributed by atoms with Gasteiger partial charge in [-0.3, -0.25) is 0 Å². The highest BCUT2D eigenvalue weighted by Crippen LogP contribution is 2.30. The van der Waals surface area contributed by atoms with Crippen molar-refractivity contribution in [3.8, 4) is 12.1 Å². The van der Waals surface area contributed by atoms with Gasteiger partial charge in [-0.05, 0) is 12.8 Å². The molecule has 0 amide bonds. The first-order chi connectivity index (χ1) is 9.21. The Kier molecular flexibility index (Phi) is 4.00. The van der Waals surface area contributed by atoms with Crippen molar-refractivity contribution in [2.45, 2.75) is 37.6 Å². The highest BCUT2D eigenvalue weighted by molar-refractivity contribution is 5.40. The minimum atomic E-state index is -0.574. The summed E-state index contributed by atoms with van der Waals surface area (Å²) in [6.45, 7) is 0. The normalized spacial score (nSPS) is 17.3. The van der Waals surface area contributed by atoms with Crippen molar-refractivity contribution in [1.82, 2.24) is 15.0 Å². The molecule has 0 radical (unpaired) electrons. The summed E-state index contributed by atoms with van der Waals surface area (Å²) in [6.07, 6.45) is 4.88. The van der Waals surface area contributed by atoms with Gasteiger partial charge in [-0.1, -0.05) is 19.3 Å². The SMILES string of the molecule is CNc1nc(NC2(C#N)CCCCC2)nc(OC)n1. The topological polar surface area (TPSA) is 95.8 Å². The molecule has 7 heteroatoms. The first-order valence-electron chi connectivity index (χ1n) is 6.38. The van der Waals surface area contributed by atoms with Crippen LogP contribution >= 0.6 is 0 Å². The van der Waals surface area contributed by atoms with Crippen molar-refractivity contribution in [2.24, 2.45) is 0 Å². The number of nitrogens with one attached hydrogen (secondary N) is 2. The maximum atomic E-state index is 9.43. The number of nitriles is 1. The predicted molar refractivity (Wildman–Crippen MR) is 71.0 cm³/mol. The fraction of sp³-hybridized carbons (Fsp3) is 0.667. The quantitative estimate of drug-likeness (QED) is 0.850. The van der Waals surface area contributed by atoms with Crippen molar-refractivity contribution in [3.63, 3.8) is 0 Å². The summed E-state index contributed by atoms with van der Waals surface area (Å²) >= 11 is 0. The van der Waals surface area contributed by atoms with Crippen molar-refractivity contribution in [3.05, 3.63) is 0 Å². The van der Waals surface area contributed by atoms with Crippen LogP contribution in [0, 0.1) is 11.3 Å². The van der Waals surface area contributed by atoms with Gasteiger partial charge in [0.25, 0.3) is 0 Å². The molecule has 0 bridgehead atoms. The van der Waals surface area contributed by atoms with Crippen LogP contribution in [0.3, 0.4) is 0 Å². The third-order valence-electron chi connectivity index (χ3n) is 3.29. The number of hydrogen-bond acceptors (Lipinski definition) is 7. The molecular weight excluding hydrogens is 244 g/mol. The fourth-order valence-electron chi connectivity index (χ4n) is 2.25. The van der Waals surface area contributed by atoms with Gasteiger partial charge in [0, 0.05) is 7.05 Å². The van der Waals surface area contributed by atoms with E-state index in [2.05, 4.69) is 31.7 Å². The zero-order valence-electron chi connectivity index (χ0n) is 11.2. The molecule has 0 unspecified atom stereocenters. The van der Waals surface area contributed by atoms with Gasteiger partial charge in [0.1, 0.15) is 5.54 Å². The van der Waals surface area contributed by atoms with E-state index in [0.29, 0.717) is 11.9 Å². The van der Waals surface area contributed by atoms with Crippen LogP contribution in [0.2, 0.25) is 0 Å². The van der Waals surface area contributed by atoms with E-state index in [9.17, 15) is 5.26 Å². The molecule has 1 aromatic heterocycles. The van der Waals surface area contributed by atoms with Crippen molar-refractivity contribution >= 4 is 11.9 Å². The zero-order valence-corrected chi connectivity index (χ0v) is 11.2. The molecule has 7 nitrogen and oxygen atoms in total. The smallest absolute Gasteiger partial charge is 0.322 e. The highest BCUT2D eigenvalue weighted by Gasteiger charge is 2.33. The molecule has 0 aromatic carbocycles. The summed E-state index contributed by atoms with van der Waals surface area (Å²) in [5.41, 5.74) is -0.574. The summed E-state index contributed by atoms with van der Waals surface area (Å²) in [5.74, 6) is 0.790. The first kappa shape index (κ1) is 13.3. The number of aromatic nitrogens is 3. The maximum absolute atomic E-state index is 9.43. The summed E-state index contributed by atoms with van der Waals surface area (Å²) < 4.78 is 5.03. The van der Waals surface area contributed by atoms with Crippen LogP contribution in [0.1, 0.15) is 32.1 Å². The van der Waals surface area contributed by atoms with Crippen LogP contribution < -0.4 is 15.4 Å². The Morgan fingerprint density at radius 3 is 2.42 bits per heavy atom. The number of nitrogens with zero attached hydrogens (tertiary/aromatic N) is 4. The Bertz CT molecular complexity index is 455. The molecule has 1 aromatic rings. The lowest BCUT2D eigenvalue weighted by atomic mass is 9.83. The lowest BCUT2D eigenvalue weighted by molar-refractivity contribution is 0.374. The number of rotatable bonds is 4. The molecule has 102 valence electrons. The van der Waals surface area contributed by atoms with Crippen molar-refractivity contribution in [1.29, 1.82) is 5.26 Å². The van der Waals surface area contributed by atoms with Gasteiger partial charge >= 0.3 is 6.01 Å². The largest absolute Gasteiger partial charge is 0.467 e. The van der Waals surface area contributed by atoms with E-state index in [1.54, 1.807) is 7.05 Å². The molecule has 0 aliphatic heterocycles. The van der Waals surface area contributed by atoms with E-state index in [1.807, 2.05) is 0 Å². The second-order valence-electron chi connectivity index (χ2n) is 4.60. The molecule has 0 spiro atoms. The van der Waals surface area contributed by atoms with E-state index < -0.39 is 5.54 Å². The minimum absolute atomic E-state index is 0.228. The van der Waals surface area contributed by atoms with Crippen LogP contribution in [-0.4, -0.2) is 34.6 Å². The summed E-state index contributed by atoms with van der Waals surface area (Å²) in [6, 6.07) is 2.60. The number of methoxy groups -OCH3 is 1. The standard InChI is InChI=1S/C12H18N6O/c1-14-9-15-10(17-11(16-9)19-2)18-12(8-13)6-4-3-5-7-12/h3-7H2,1-2H3,(H2,14,15,16,17,18). The third kappa shape index (κ3) is 3.02. The molecule has 1 aliphatic rings. The molecule has 2 rings (SSSR count). The Balaban J connectivity index is 2.24. The summed E-state index contributed by atoms with van der Waals surface area (Å²) in [5, 5.41) is 15.4. The van der Waals surface area contributed by atoms with Crippen molar-refractivity contribution in [2.75, 3.05) is 24.8 Å². The van der Waals surface area contributed by atoms with Gasteiger partial charge in [-0.25, -0.2) is 0 Å². The highest BCUT2D eigenvalue weighted by atomic mass is 16.5. The molecule has 0 saturated heterocycles. The molecule has 0 atom stereocenters. The van der Waals surface area contributed by atoms with Crippen LogP contribution in [-0.2, 0) is 0 Å². The van der Waals surface area contributed by atoms with Gasteiger partial charge in [0.05, 0.1) is 13.2 Å². The third-order valence-corrected chi connectivity index (χ3v) is 3.29. The van der Waals surface area contributed by atoms with Gasteiger partial charge < -0.3 is 15.4 Å². The molecule has 1 fully saturated rings. The Morgan fingerprint density at radius 2 is 1.84 bits per heavy atom. The predicted octanol–water partition coefficient (Wildman–Crippen LogP) is 1.56. The summed E-state index contributed by atoms with van der Waals surface area (Å²) in [4.78, 5) is 12.4. The Morgan fingerprint density at radius 1 is 1.16 bits per heavy atom. The Hall–Kier alpha value is -2.10. The second-order valence-corrected chi connectivity index (χ2v) is 4.60. The average molecular weight is 262 g/mol. The van der Waals surface area contributed by atoms with Gasteiger partial charge in [-0.15, -0.1) is 0 Å². The van der Waals surface area contributed by atoms with E-state index in [1.165, 1.54) is 13.5 Å². The van der Waals surface area contributed by atoms with Crippen LogP contribution in [0.15, 0.2) is 0 Å². The maximum Gasteiger partial charge on any atom is 0.322 e. The first-order valence-corrected chi connectivity index (χ1v) is 6.38. The van der Waals surface area contributed by atoms with Crippen LogP contribution in [0.25, 0.3) is 0 Å². The number of hydrogen-bond donors (Lipinski definition) is 2. The molecule has 1 heterocycles. The van der Waals surface area contributed by atoms with E-state index in [-0.39, 0.29) is 6.01 Å². The summed E-state index contributed by atoms with van der Waals surface area (Å²) in [7, 11) is 3.22. The van der Waals surface area contributed by atoms with E-state index >= 15 is 0 Å². The minimum Gasteiger partial charge on any atom is -0.467 e. The second kappa shape index (κ2) is 5.69. The zero-order chi connectivity index (χ0) is 13.7. The van der Waals surface area contributed by atoms with Crippen LogP contribution in [0.4, 0.5) is 11.9 Å². The molecule has 19 heavy (non-hydrogen) atoms.